The summed E-state index contributed by atoms with van der Waals surface area (Å²) < 4.78 is 38.9. The number of rotatable bonds is 10. The number of halogens is 2. The maximum absolute atomic E-state index is 12.6. The van der Waals surface area contributed by atoms with Gasteiger partial charge in [0.25, 0.3) is 6.43 Å². The summed E-state index contributed by atoms with van der Waals surface area (Å²) >= 11 is 0. The normalized spacial score (nSPS) is 13.2. The molecule has 0 saturated heterocycles. The van der Waals surface area contributed by atoms with E-state index in [1.807, 2.05) is 55.5 Å². The van der Waals surface area contributed by atoms with Gasteiger partial charge < -0.3 is 14.0 Å². The summed E-state index contributed by atoms with van der Waals surface area (Å²) in [6.45, 7) is 10.2. The third kappa shape index (κ3) is 5.79. The van der Waals surface area contributed by atoms with E-state index in [0.29, 0.717) is 31.1 Å². The summed E-state index contributed by atoms with van der Waals surface area (Å²) in [5.41, 5.74) is 6.56. The number of pyridine rings is 1. The summed E-state index contributed by atoms with van der Waals surface area (Å²) in [4.78, 5) is 8.87. The first-order chi connectivity index (χ1) is 17.5. The number of fused-ring (bicyclic) bond motifs is 3. The van der Waals surface area contributed by atoms with E-state index >= 15 is 0 Å². The number of aryl methyl sites for hydroxylation is 1. The summed E-state index contributed by atoms with van der Waals surface area (Å²) in [5.74, 6) is 1.17. The van der Waals surface area contributed by atoms with Gasteiger partial charge in [0.1, 0.15) is 30.2 Å². The van der Waals surface area contributed by atoms with E-state index in [2.05, 4.69) is 22.9 Å². The number of nitrogens with zero attached hydrogens (tertiary/aromatic N) is 3. The lowest BCUT2D eigenvalue weighted by atomic mass is 9.94. The van der Waals surface area contributed by atoms with E-state index < -0.39 is 13.0 Å². The monoisotopic (exact) mass is 489 g/mol. The second-order valence-electron chi connectivity index (χ2n) is 8.41. The molecule has 0 fully saturated rings. The molecule has 1 aliphatic rings. The van der Waals surface area contributed by atoms with Crippen LogP contribution in [0.4, 0.5) is 8.78 Å². The van der Waals surface area contributed by atoms with Crippen molar-refractivity contribution < 1.29 is 18.3 Å². The highest BCUT2D eigenvalue weighted by Crippen LogP contribution is 2.36. The molecule has 1 aromatic heterocycles. The molecular weight excluding hydrogens is 460 g/mol. The van der Waals surface area contributed by atoms with E-state index in [4.69, 9.17) is 14.5 Å². The largest absolute Gasteiger partial charge is 0.488 e. The molecule has 0 atom stereocenters. The van der Waals surface area contributed by atoms with Crippen molar-refractivity contribution in [1.29, 1.82) is 0 Å². The van der Waals surface area contributed by atoms with Crippen molar-refractivity contribution in [3.8, 4) is 22.8 Å². The minimum atomic E-state index is -2.52. The van der Waals surface area contributed by atoms with Gasteiger partial charge in [0.2, 0.25) is 0 Å². The maximum Gasteiger partial charge on any atom is 0.272 e. The zero-order valence-corrected chi connectivity index (χ0v) is 20.3. The second-order valence-corrected chi connectivity index (χ2v) is 8.41. The van der Waals surface area contributed by atoms with Gasteiger partial charge in [0, 0.05) is 23.7 Å². The molecule has 2 aromatic carbocycles. The maximum atomic E-state index is 12.6. The SMILES string of the molecule is C=C/C=C(/CN=c1cc(OCc2ccccc2)c(C)c2n1CCc1cc(OCC(F)F)ccc1-2)N=C. The average Bonchev–Trinajstić information content (AvgIpc) is 2.90. The van der Waals surface area contributed by atoms with Gasteiger partial charge in [-0.25, -0.2) is 8.78 Å². The van der Waals surface area contributed by atoms with Gasteiger partial charge in [-0.05, 0) is 55.5 Å². The number of ether oxygens (including phenoxy) is 2. The number of alkyl halides is 2. The van der Waals surface area contributed by atoms with Gasteiger partial charge in [-0.2, -0.15) is 0 Å². The van der Waals surface area contributed by atoms with E-state index in [1.165, 1.54) is 0 Å². The van der Waals surface area contributed by atoms with E-state index in [-0.39, 0.29) is 0 Å². The van der Waals surface area contributed by atoms with Crippen molar-refractivity contribution in [3.63, 3.8) is 0 Å². The molecule has 0 amide bonds. The molecule has 0 N–H and O–H groups in total. The number of hydrogen-bond donors (Lipinski definition) is 0. The molecular formula is C29H29F2N3O2. The van der Waals surface area contributed by atoms with Crippen LogP contribution in [0.25, 0.3) is 11.3 Å². The first kappa shape index (κ1) is 25.1. The van der Waals surface area contributed by atoms with Gasteiger partial charge >= 0.3 is 0 Å². The van der Waals surface area contributed by atoms with Crippen LogP contribution in [0, 0.1) is 6.92 Å². The number of hydrogen-bond acceptors (Lipinski definition) is 4. The molecule has 1 aliphatic heterocycles. The van der Waals surface area contributed by atoms with Crippen molar-refractivity contribution in [2.45, 2.75) is 32.9 Å². The zero-order chi connectivity index (χ0) is 25.5. The fourth-order valence-corrected chi connectivity index (χ4v) is 4.27. The summed E-state index contributed by atoms with van der Waals surface area (Å²) in [7, 11) is 0. The van der Waals surface area contributed by atoms with Crippen molar-refractivity contribution in [2.24, 2.45) is 9.98 Å². The van der Waals surface area contributed by atoms with E-state index in [9.17, 15) is 8.78 Å². The lowest BCUT2D eigenvalue weighted by Crippen LogP contribution is -2.28. The topological polar surface area (TPSA) is 48.1 Å². The molecule has 4 rings (SSSR count). The molecule has 2 heterocycles. The Bertz CT molecular complexity index is 1340. The Kier molecular flexibility index (Phi) is 8.10. The highest BCUT2D eigenvalue weighted by Gasteiger charge is 2.22. The van der Waals surface area contributed by atoms with Crippen LogP contribution < -0.4 is 15.0 Å². The molecule has 7 heteroatoms. The molecule has 0 bridgehead atoms. The molecule has 36 heavy (non-hydrogen) atoms. The van der Waals surface area contributed by atoms with Crippen LogP contribution in [0.1, 0.15) is 16.7 Å². The van der Waals surface area contributed by atoms with Gasteiger partial charge in [0.15, 0.2) is 0 Å². The number of aromatic nitrogens is 1. The highest BCUT2D eigenvalue weighted by molar-refractivity contribution is 5.71. The predicted octanol–water partition coefficient (Wildman–Crippen LogP) is 5.91. The van der Waals surface area contributed by atoms with Crippen LogP contribution in [0.5, 0.6) is 11.5 Å². The van der Waals surface area contributed by atoms with Crippen LogP contribution in [-0.4, -0.2) is 30.9 Å². The molecule has 0 spiro atoms. The number of benzene rings is 2. The highest BCUT2D eigenvalue weighted by atomic mass is 19.3. The Labute approximate surface area is 209 Å². The smallest absolute Gasteiger partial charge is 0.272 e. The van der Waals surface area contributed by atoms with E-state index in [0.717, 1.165) is 45.6 Å². The number of allylic oxidation sites excluding steroid dienone is 2. The van der Waals surface area contributed by atoms with Gasteiger partial charge in [-0.15, -0.1) is 0 Å². The van der Waals surface area contributed by atoms with Crippen molar-refractivity contribution in [2.75, 3.05) is 13.2 Å². The Balaban J connectivity index is 1.78. The van der Waals surface area contributed by atoms with Crippen LogP contribution in [0.3, 0.4) is 0 Å². The van der Waals surface area contributed by atoms with Gasteiger partial charge in [-0.3, -0.25) is 9.98 Å². The third-order valence-corrected chi connectivity index (χ3v) is 6.00. The molecule has 186 valence electrons. The molecule has 5 nitrogen and oxygen atoms in total. The van der Waals surface area contributed by atoms with Crippen molar-refractivity contribution >= 4 is 6.72 Å². The second kappa shape index (κ2) is 11.6. The van der Waals surface area contributed by atoms with Crippen molar-refractivity contribution in [1.82, 2.24) is 4.57 Å². The standard InChI is InChI=1S/C29H29F2N3O2/c1-4-8-23(32-3)17-33-28-16-26(36-18-21-9-6-5-7-10-21)20(2)29-25-12-11-24(35-19-27(30)31)15-22(25)13-14-34(28)29/h4-12,15-16,27H,1,3,13-14,17-19H2,2H3/b23-8-,33-28?. The number of aliphatic imine (C=N–C) groups is 1. The lowest BCUT2D eigenvalue weighted by molar-refractivity contribution is 0.0818. The summed E-state index contributed by atoms with van der Waals surface area (Å²) in [6, 6.07) is 17.4. The molecule has 0 radical (unpaired) electrons. The first-order valence-electron chi connectivity index (χ1n) is 11.7. The molecule has 0 aliphatic carbocycles. The van der Waals surface area contributed by atoms with Crippen LogP contribution in [0.2, 0.25) is 0 Å². The average molecular weight is 490 g/mol. The Morgan fingerprint density at radius 2 is 1.94 bits per heavy atom. The van der Waals surface area contributed by atoms with E-state index in [1.54, 1.807) is 18.2 Å². The Morgan fingerprint density at radius 1 is 1.14 bits per heavy atom. The molecule has 0 unspecified atom stereocenters. The van der Waals surface area contributed by atoms with Crippen LogP contribution >= 0.6 is 0 Å². The predicted molar refractivity (Wildman–Crippen MR) is 139 cm³/mol. The summed E-state index contributed by atoms with van der Waals surface area (Å²) in [5, 5.41) is 0. The molecule has 0 saturated carbocycles. The summed E-state index contributed by atoms with van der Waals surface area (Å²) in [6.07, 6.45) is 1.65. The minimum Gasteiger partial charge on any atom is -0.488 e. The van der Waals surface area contributed by atoms with Crippen LogP contribution in [0.15, 0.2) is 89.0 Å². The fraction of sp³-hybridized carbons (Fsp3) is 0.241. The zero-order valence-electron chi connectivity index (χ0n) is 20.3. The van der Waals surface area contributed by atoms with Crippen molar-refractivity contribution in [3.05, 3.63) is 101 Å². The minimum absolute atomic E-state index is 0.351. The third-order valence-electron chi connectivity index (χ3n) is 6.00. The van der Waals surface area contributed by atoms with Crippen LogP contribution in [-0.2, 0) is 19.6 Å². The van der Waals surface area contributed by atoms with Gasteiger partial charge in [-0.1, -0.05) is 43.0 Å². The molecule has 3 aromatic rings. The Hall–Kier alpha value is -4.00. The first-order valence-corrected chi connectivity index (χ1v) is 11.7. The Morgan fingerprint density at radius 3 is 2.67 bits per heavy atom. The lowest BCUT2D eigenvalue weighted by Gasteiger charge is -2.26. The fourth-order valence-electron chi connectivity index (χ4n) is 4.27. The quantitative estimate of drug-likeness (QED) is 0.262. The van der Waals surface area contributed by atoms with Gasteiger partial charge in [0.05, 0.1) is 17.9 Å².